The lowest BCUT2D eigenvalue weighted by Gasteiger charge is -2.27. The molecule has 1 fully saturated rings. The van der Waals surface area contributed by atoms with Crippen LogP contribution in [0.1, 0.15) is 42.1 Å². The summed E-state index contributed by atoms with van der Waals surface area (Å²) in [5.74, 6) is 0.0234. The Labute approximate surface area is 136 Å². The molecule has 1 aliphatic heterocycles. The molecule has 0 saturated carbocycles. The molecule has 2 rings (SSSR count). The van der Waals surface area contributed by atoms with E-state index in [0.29, 0.717) is 11.3 Å². The van der Waals surface area contributed by atoms with Crippen LogP contribution in [0.15, 0.2) is 18.2 Å². The molecule has 3 amide bonds. The standard InChI is InChI=1S/C17H25N3O3/c1-12-6-7-14(19-17(23)18-11-13(2)21)10-15(12)16(22)20-8-4-3-5-9-20/h6-7,10,13,21H,3-5,8-9,11H2,1-2H3,(H2,18,19,23)/t13-/m1/s1. The Balaban J connectivity index is 2.06. The third kappa shape index (κ3) is 4.96. The maximum atomic E-state index is 12.6. The number of nitrogens with zero attached hydrogens (tertiary/aromatic N) is 1. The van der Waals surface area contributed by atoms with Gasteiger partial charge < -0.3 is 20.6 Å². The van der Waals surface area contributed by atoms with E-state index in [9.17, 15) is 14.7 Å². The highest BCUT2D eigenvalue weighted by Crippen LogP contribution is 2.19. The summed E-state index contributed by atoms with van der Waals surface area (Å²) in [6.45, 7) is 5.27. The molecule has 1 saturated heterocycles. The van der Waals surface area contributed by atoms with Crippen LogP contribution in [0.5, 0.6) is 0 Å². The van der Waals surface area contributed by atoms with E-state index in [1.807, 2.05) is 17.9 Å². The summed E-state index contributed by atoms with van der Waals surface area (Å²) in [6.07, 6.45) is 2.66. The Bertz CT molecular complexity index is 566. The lowest BCUT2D eigenvalue weighted by atomic mass is 10.0. The topological polar surface area (TPSA) is 81.7 Å². The number of rotatable bonds is 4. The van der Waals surface area contributed by atoms with E-state index in [-0.39, 0.29) is 12.5 Å². The molecule has 0 radical (unpaired) electrons. The van der Waals surface area contributed by atoms with Crippen LogP contribution >= 0.6 is 0 Å². The van der Waals surface area contributed by atoms with Crippen LogP contribution in [0, 0.1) is 6.92 Å². The average molecular weight is 319 g/mol. The van der Waals surface area contributed by atoms with E-state index >= 15 is 0 Å². The predicted octanol–water partition coefficient (Wildman–Crippen LogP) is 2.12. The second-order valence-electron chi connectivity index (χ2n) is 6.07. The van der Waals surface area contributed by atoms with Gasteiger partial charge in [0.15, 0.2) is 0 Å². The molecule has 0 unspecified atom stereocenters. The summed E-state index contributed by atoms with van der Waals surface area (Å²) in [7, 11) is 0. The van der Waals surface area contributed by atoms with Gasteiger partial charge in [0.1, 0.15) is 0 Å². The van der Waals surface area contributed by atoms with Crippen molar-refractivity contribution >= 4 is 17.6 Å². The van der Waals surface area contributed by atoms with Gasteiger partial charge in [-0.15, -0.1) is 0 Å². The Morgan fingerprint density at radius 3 is 2.61 bits per heavy atom. The van der Waals surface area contributed by atoms with Gasteiger partial charge in [0.25, 0.3) is 5.91 Å². The number of aliphatic hydroxyl groups is 1. The smallest absolute Gasteiger partial charge is 0.319 e. The molecular weight excluding hydrogens is 294 g/mol. The van der Waals surface area contributed by atoms with E-state index in [1.165, 1.54) is 6.42 Å². The number of carbonyl (C=O) groups is 2. The molecule has 0 spiro atoms. The third-order valence-corrected chi connectivity index (χ3v) is 3.93. The zero-order valence-corrected chi connectivity index (χ0v) is 13.8. The minimum absolute atomic E-state index is 0.0234. The Hall–Kier alpha value is -2.08. The van der Waals surface area contributed by atoms with Gasteiger partial charge in [-0.05, 0) is 50.8 Å². The van der Waals surface area contributed by atoms with Crippen molar-refractivity contribution in [2.45, 2.75) is 39.2 Å². The number of nitrogens with one attached hydrogen (secondary N) is 2. The molecule has 0 aromatic heterocycles. The highest BCUT2D eigenvalue weighted by atomic mass is 16.3. The molecule has 1 aromatic rings. The van der Waals surface area contributed by atoms with Crippen molar-refractivity contribution in [2.24, 2.45) is 0 Å². The van der Waals surface area contributed by atoms with E-state index in [1.54, 1.807) is 19.1 Å². The zero-order valence-electron chi connectivity index (χ0n) is 13.8. The minimum Gasteiger partial charge on any atom is -0.392 e. The number of urea groups is 1. The van der Waals surface area contributed by atoms with Gasteiger partial charge in [0, 0.05) is 30.9 Å². The largest absolute Gasteiger partial charge is 0.392 e. The van der Waals surface area contributed by atoms with Crippen molar-refractivity contribution in [1.29, 1.82) is 0 Å². The predicted molar refractivity (Wildman–Crippen MR) is 89.6 cm³/mol. The SMILES string of the molecule is Cc1ccc(NC(=O)NC[C@@H](C)O)cc1C(=O)N1CCCCC1. The molecule has 1 heterocycles. The summed E-state index contributed by atoms with van der Waals surface area (Å²) in [4.78, 5) is 26.3. The molecule has 126 valence electrons. The summed E-state index contributed by atoms with van der Waals surface area (Å²) in [6, 6.07) is 4.92. The quantitative estimate of drug-likeness (QED) is 0.795. The lowest BCUT2D eigenvalue weighted by Crippen LogP contribution is -2.36. The molecule has 23 heavy (non-hydrogen) atoms. The molecule has 1 aromatic carbocycles. The van der Waals surface area contributed by atoms with E-state index < -0.39 is 12.1 Å². The van der Waals surface area contributed by atoms with Crippen molar-refractivity contribution in [3.05, 3.63) is 29.3 Å². The summed E-state index contributed by atoms with van der Waals surface area (Å²) in [5.41, 5.74) is 2.09. The molecule has 0 aliphatic carbocycles. The van der Waals surface area contributed by atoms with Crippen molar-refractivity contribution in [1.82, 2.24) is 10.2 Å². The zero-order chi connectivity index (χ0) is 16.8. The molecule has 0 bridgehead atoms. The van der Waals surface area contributed by atoms with Crippen LogP contribution in [-0.4, -0.2) is 47.7 Å². The third-order valence-electron chi connectivity index (χ3n) is 3.93. The number of anilines is 1. The first kappa shape index (κ1) is 17.3. The first-order valence-electron chi connectivity index (χ1n) is 8.10. The minimum atomic E-state index is -0.602. The number of aryl methyl sites for hydroxylation is 1. The highest BCUT2D eigenvalue weighted by Gasteiger charge is 2.20. The van der Waals surface area contributed by atoms with Crippen LogP contribution < -0.4 is 10.6 Å². The second-order valence-corrected chi connectivity index (χ2v) is 6.07. The summed E-state index contributed by atoms with van der Waals surface area (Å²) < 4.78 is 0. The Morgan fingerprint density at radius 2 is 1.96 bits per heavy atom. The number of hydrogen-bond donors (Lipinski definition) is 3. The van der Waals surface area contributed by atoms with Gasteiger partial charge >= 0.3 is 6.03 Å². The van der Waals surface area contributed by atoms with Crippen LogP contribution in [0.2, 0.25) is 0 Å². The van der Waals surface area contributed by atoms with Gasteiger partial charge in [0.05, 0.1) is 6.10 Å². The first-order chi connectivity index (χ1) is 11.0. The average Bonchev–Trinajstić information content (AvgIpc) is 2.55. The molecular formula is C17H25N3O3. The Morgan fingerprint density at radius 1 is 1.26 bits per heavy atom. The number of piperidine rings is 1. The van der Waals surface area contributed by atoms with Crippen LogP contribution in [0.3, 0.4) is 0 Å². The van der Waals surface area contributed by atoms with Crippen molar-refractivity contribution in [3.8, 4) is 0 Å². The lowest BCUT2D eigenvalue weighted by molar-refractivity contribution is 0.0723. The van der Waals surface area contributed by atoms with E-state index in [4.69, 9.17) is 0 Å². The number of benzene rings is 1. The van der Waals surface area contributed by atoms with Crippen LogP contribution in [0.25, 0.3) is 0 Å². The van der Waals surface area contributed by atoms with Gasteiger partial charge in [-0.1, -0.05) is 6.07 Å². The van der Waals surface area contributed by atoms with Crippen LogP contribution in [0.4, 0.5) is 10.5 Å². The number of carbonyl (C=O) groups excluding carboxylic acids is 2. The Kier molecular flexibility index (Phi) is 5.98. The number of amides is 3. The van der Waals surface area contributed by atoms with Crippen LogP contribution in [-0.2, 0) is 0 Å². The summed E-state index contributed by atoms with van der Waals surface area (Å²) >= 11 is 0. The fraction of sp³-hybridized carbons (Fsp3) is 0.529. The normalized spacial score (nSPS) is 15.9. The van der Waals surface area contributed by atoms with Gasteiger partial charge in [-0.3, -0.25) is 4.79 Å². The van der Waals surface area contributed by atoms with Crippen molar-refractivity contribution in [3.63, 3.8) is 0 Å². The number of aliphatic hydroxyl groups excluding tert-OH is 1. The molecule has 1 aliphatic rings. The van der Waals surface area contributed by atoms with Gasteiger partial charge in [-0.2, -0.15) is 0 Å². The fourth-order valence-electron chi connectivity index (χ4n) is 2.61. The monoisotopic (exact) mass is 319 g/mol. The van der Waals surface area contributed by atoms with Crippen molar-refractivity contribution < 1.29 is 14.7 Å². The molecule has 1 atom stereocenters. The van der Waals surface area contributed by atoms with E-state index in [0.717, 1.165) is 31.5 Å². The number of hydrogen-bond acceptors (Lipinski definition) is 3. The van der Waals surface area contributed by atoms with Gasteiger partial charge in [-0.25, -0.2) is 4.79 Å². The highest BCUT2D eigenvalue weighted by molar-refractivity contribution is 5.98. The van der Waals surface area contributed by atoms with Gasteiger partial charge in [0.2, 0.25) is 0 Å². The maximum absolute atomic E-state index is 12.6. The second kappa shape index (κ2) is 7.97. The summed E-state index contributed by atoms with van der Waals surface area (Å²) in [5, 5.41) is 14.4. The maximum Gasteiger partial charge on any atom is 0.319 e. The first-order valence-corrected chi connectivity index (χ1v) is 8.10. The molecule has 6 nitrogen and oxygen atoms in total. The van der Waals surface area contributed by atoms with E-state index in [2.05, 4.69) is 10.6 Å². The number of likely N-dealkylation sites (tertiary alicyclic amines) is 1. The molecule has 6 heteroatoms. The fourth-order valence-corrected chi connectivity index (χ4v) is 2.61. The molecule has 3 N–H and O–H groups in total. The van der Waals surface area contributed by atoms with Crippen molar-refractivity contribution in [2.75, 3.05) is 25.0 Å².